The van der Waals surface area contributed by atoms with Gasteiger partial charge in [0.15, 0.2) is 11.6 Å². The zero-order valence-corrected chi connectivity index (χ0v) is 25.5. The molecule has 1 aliphatic carbocycles. The molecule has 1 aromatic carbocycles. The van der Waals surface area contributed by atoms with E-state index in [9.17, 15) is 18.8 Å². The second-order valence-electron chi connectivity index (χ2n) is 11.5. The van der Waals surface area contributed by atoms with Crippen LogP contribution in [-0.4, -0.2) is 70.7 Å². The molecule has 6 rings (SSSR count). The van der Waals surface area contributed by atoms with Crippen molar-refractivity contribution in [1.82, 2.24) is 25.1 Å². The van der Waals surface area contributed by atoms with Crippen LogP contribution in [-0.2, 0) is 11.2 Å². The van der Waals surface area contributed by atoms with E-state index >= 15 is 0 Å². The zero-order valence-electron chi connectivity index (χ0n) is 24.7. The fraction of sp³-hybridized carbons (Fsp3) is 0.364. The first-order valence-electron chi connectivity index (χ1n) is 14.9. The van der Waals surface area contributed by atoms with Crippen LogP contribution in [0.4, 0.5) is 9.18 Å². The summed E-state index contributed by atoms with van der Waals surface area (Å²) in [6, 6.07) is 11.8. The number of halogens is 1. The summed E-state index contributed by atoms with van der Waals surface area (Å²) in [6.07, 6.45) is 7.65. The van der Waals surface area contributed by atoms with E-state index in [1.165, 1.54) is 17.4 Å². The Bertz CT molecular complexity index is 1700. The number of pyridine rings is 2. The molecule has 1 saturated carbocycles. The predicted octanol–water partition coefficient (Wildman–Crippen LogP) is 6.08. The Morgan fingerprint density at radius 1 is 1.05 bits per heavy atom. The number of fused-ring (bicyclic) bond motifs is 1. The van der Waals surface area contributed by atoms with Gasteiger partial charge < -0.3 is 19.9 Å². The first-order chi connectivity index (χ1) is 21.3. The van der Waals surface area contributed by atoms with Gasteiger partial charge in [-0.15, -0.1) is 11.3 Å². The average Bonchev–Trinajstić information content (AvgIpc) is 3.74. The molecule has 3 amide bonds. The summed E-state index contributed by atoms with van der Waals surface area (Å²) in [4.78, 5) is 50.6. The van der Waals surface area contributed by atoms with Crippen LogP contribution < -0.4 is 10.1 Å². The lowest BCUT2D eigenvalue weighted by Gasteiger charge is -2.36. The van der Waals surface area contributed by atoms with Crippen molar-refractivity contribution in [2.75, 3.05) is 27.2 Å². The Labute approximate surface area is 259 Å². The molecule has 4 aromatic rings. The second-order valence-corrected chi connectivity index (χ2v) is 12.5. The number of rotatable bonds is 9. The van der Waals surface area contributed by atoms with Crippen molar-refractivity contribution in [2.24, 2.45) is 5.92 Å². The highest BCUT2D eigenvalue weighted by molar-refractivity contribution is 7.22. The number of piperidine rings is 1. The van der Waals surface area contributed by atoms with Crippen LogP contribution in [0.1, 0.15) is 48.0 Å². The normalized spacial score (nSPS) is 15.3. The Balaban J connectivity index is 1.12. The zero-order chi connectivity index (χ0) is 30.8. The molecule has 9 nitrogen and oxygen atoms in total. The van der Waals surface area contributed by atoms with Crippen molar-refractivity contribution in [3.05, 3.63) is 71.8 Å². The Morgan fingerprint density at radius 3 is 2.52 bits per heavy atom. The molecule has 4 heterocycles. The van der Waals surface area contributed by atoms with Crippen LogP contribution in [0.5, 0.6) is 11.5 Å². The number of likely N-dealkylation sites (tertiary alicyclic amines) is 1. The lowest BCUT2D eigenvalue weighted by molar-refractivity contribution is -0.118. The van der Waals surface area contributed by atoms with Crippen LogP contribution in [0.25, 0.3) is 20.8 Å². The lowest BCUT2D eigenvalue weighted by Crippen LogP contribution is -2.49. The van der Waals surface area contributed by atoms with E-state index in [-0.39, 0.29) is 35.9 Å². The number of hydrogen-bond donors (Lipinski definition) is 1. The number of thiophene rings is 1. The highest BCUT2D eigenvalue weighted by atomic mass is 32.1. The third kappa shape index (κ3) is 6.57. The van der Waals surface area contributed by atoms with Crippen molar-refractivity contribution >= 4 is 39.3 Å². The van der Waals surface area contributed by atoms with Gasteiger partial charge in [-0.3, -0.25) is 19.6 Å². The highest BCUT2D eigenvalue weighted by Gasteiger charge is 2.28. The molecule has 3 aromatic heterocycles. The van der Waals surface area contributed by atoms with Gasteiger partial charge in [0.2, 0.25) is 0 Å². The number of benzene rings is 1. The van der Waals surface area contributed by atoms with Gasteiger partial charge >= 0.3 is 6.03 Å². The van der Waals surface area contributed by atoms with E-state index in [1.54, 1.807) is 60.6 Å². The Kier molecular flexibility index (Phi) is 8.56. The maximum Gasteiger partial charge on any atom is 0.317 e. The van der Waals surface area contributed by atoms with E-state index in [0.717, 1.165) is 22.4 Å². The van der Waals surface area contributed by atoms with Gasteiger partial charge in [-0.1, -0.05) is 6.07 Å². The molecule has 0 radical (unpaired) electrons. The van der Waals surface area contributed by atoms with Gasteiger partial charge in [0.25, 0.3) is 5.91 Å². The van der Waals surface area contributed by atoms with E-state index in [1.807, 2.05) is 12.1 Å². The van der Waals surface area contributed by atoms with Crippen molar-refractivity contribution in [3.8, 4) is 22.1 Å². The number of hydrogen-bond acceptors (Lipinski definition) is 7. The third-order valence-electron chi connectivity index (χ3n) is 8.30. The smallest absolute Gasteiger partial charge is 0.317 e. The summed E-state index contributed by atoms with van der Waals surface area (Å²) in [7, 11) is 3.39. The largest absolute Gasteiger partial charge is 0.453 e. The summed E-state index contributed by atoms with van der Waals surface area (Å²) in [6.45, 7) is 1.14. The molecule has 2 aliphatic rings. The molecule has 1 aliphatic heterocycles. The Morgan fingerprint density at radius 2 is 1.84 bits per heavy atom. The van der Waals surface area contributed by atoms with Gasteiger partial charge in [0.05, 0.1) is 26.4 Å². The number of carbonyl (C=O) groups is 3. The first-order valence-corrected chi connectivity index (χ1v) is 15.7. The first kappa shape index (κ1) is 29.7. The fourth-order valence-corrected chi connectivity index (χ4v) is 6.61. The molecule has 2 fully saturated rings. The number of ketones is 1. The van der Waals surface area contributed by atoms with Crippen molar-refractivity contribution < 1.29 is 23.5 Å². The number of ether oxygens (including phenoxy) is 1. The van der Waals surface area contributed by atoms with Crippen LogP contribution in [0.15, 0.2) is 54.9 Å². The predicted molar refractivity (Wildman–Crippen MR) is 167 cm³/mol. The van der Waals surface area contributed by atoms with E-state index in [4.69, 9.17) is 4.74 Å². The summed E-state index contributed by atoms with van der Waals surface area (Å²) < 4.78 is 21.7. The standard InChI is InChI=1S/C33H34FN5O4S/c1-35-33(42)38(2)23-10-13-39(14-11-23)32(41)22-6-7-26(37-19-22)30-18-27-31(44-30)29(9-12-36-27)43-28-8-5-21(17-25(28)34)16-24(40)15-20-3-4-20/h5-9,12,17-20,23H,3-4,10-11,13-16H2,1-2H3,(H,35,42). The summed E-state index contributed by atoms with van der Waals surface area (Å²) >= 11 is 1.42. The summed E-state index contributed by atoms with van der Waals surface area (Å²) in [5, 5.41) is 2.64. The van der Waals surface area contributed by atoms with Crippen LogP contribution in [0, 0.1) is 11.7 Å². The molecule has 11 heteroatoms. The molecule has 0 spiro atoms. The molecular formula is C33H34FN5O4S. The number of nitrogens with zero attached hydrogens (tertiary/aromatic N) is 4. The minimum absolute atomic E-state index is 0.0798. The monoisotopic (exact) mass is 615 g/mol. The number of urea groups is 1. The van der Waals surface area contributed by atoms with Gasteiger partial charge in [-0.05, 0) is 67.5 Å². The number of amides is 3. The lowest BCUT2D eigenvalue weighted by atomic mass is 10.0. The number of carbonyl (C=O) groups excluding carboxylic acids is 3. The number of nitrogens with one attached hydrogen (secondary N) is 1. The van der Waals surface area contributed by atoms with Crippen molar-refractivity contribution in [2.45, 2.75) is 44.6 Å². The van der Waals surface area contributed by atoms with E-state index in [0.29, 0.717) is 66.4 Å². The molecular weight excluding hydrogens is 581 g/mol. The fourth-order valence-electron chi connectivity index (χ4n) is 5.57. The number of Topliss-reactive ketones (excluding diaryl/α,β-unsaturated/α-hetero) is 1. The molecule has 0 bridgehead atoms. The maximum atomic E-state index is 15.0. The molecule has 228 valence electrons. The van der Waals surface area contributed by atoms with Crippen molar-refractivity contribution in [1.29, 1.82) is 0 Å². The minimum atomic E-state index is -0.520. The van der Waals surface area contributed by atoms with Crippen LogP contribution in [0.3, 0.4) is 0 Å². The summed E-state index contributed by atoms with van der Waals surface area (Å²) in [5.41, 5.74) is 2.53. The van der Waals surface area contributed by atoms with E-state index < -0.39 is 5.82 Å². The van der Waals surface area contributed by atoms with Gasteiger partial charge in [-0.25, -0.2) is 9.18 Å². The molecule has 0 unspecified atom stereocenters. The van der Waals surface area contributed by atoms with Gasteiger partial charge in [0, 0.05) is 64.5 Å². The van der Waals surface area contributed by atoms with Gasteiger partial charge in [-0.2, -0.15) is 0 Å². The second kappa shape index (κ2) is 12.7. The maximum absolute atomic E-state index is 15.0. The number of aromatic nitrogens is 2. The SMILES string of the molecule is CNC(=O)N(C)C1CCN(C(=O)c2ccc(-c3cc4nccc(Oc5ccc(CC(=O)CC6CC6)cc5F)c4s3)nc2)CC1. The Hall–Kier alpha value is -4.38. The third-order valence-corrected chi connectivity index (χ3v) is 9.46. The summed E-state index contributed by atoms with van der Waals surface area (Å²) in [5.74, 6) is 0.596. The van der Waals surface area contributed by atoms with E-state index in [2.05, 4.69) is 15.3 Å². The molecule has 1 N–H and O–H groups in total. The van der Waals surface area contributed by atoms with Crippen LogP contribution in [0.2, 0.25) is 0 Å². The topological polar surface area (TPSA) is 105 Å². The van der Waals surface area contributed by atoms with Gasteiger partial charge in [0.1, 0.15) is 11.5 Å². The molecule has 1 saturated heterocycles. The average molecular weight is 616 g/mol. The minimum Gasteiger partial charge on any atom is -0.453 e. The molecule has 44 heavy (non-hydrogen) atoms. The molecule has 0 atom stereocenters. The quantitative estimate of drug-likeness (QED) is 0.245. The van der Waals surface area contributed by atoms with Crippen LogP contribution >= 0.6 is 11.3 Å². The highest BCUT2D eigenvalue weighted by Crippen LogP contribution is 2.39. The van der Waals surface area contributed by atoms with Crippen molar-refractivity contribution in [3.63, 3.8) is 0 Å².